The van der Waals surface area contributed by atoms with Crippen LogP contribution < -0.4 is 14.8 Å². The molecule has 1 N–H and O–H groups in total. The van der Waals surface area contributed by atoms with Crippen LogP contribution in [0.2, 0.25) is 0 Å². The summed E-state index contributed by atoms with van der Waals surface area (Å²) in [5.74, 6) is 2.03. The Labute approximate surface area is 160 Å². The van der Waals surface area contributed by atoms with Gasteiger partial charge in [0.05, 0.1) is 42.5 Å². The fraction of sp³-hybridized carbons (Fsp3) is 0.211. The predicted molar refractivity (Wildman–Crippen MR) is 107 cm³/mol. The number of anilines is 2. The molecule has 0 saturated carbocycles. The maximum Gasteiger partial charge on any atom is 0.227 e. The molecule has 0 atom stereocenters. The normalized spacial score (nSPS) is 11.0. The lowest BCUT2D eigenvalue weighted by Gasteiger charge is -2.11. The molecule has 0 aliphatic heterocycles. The Balaban J connectivity index is 1.83. The topological polar surface area (TPSA) is 74.1 Å². The number of methoxy groups -OCH3 is 2. The molecule has 0 bridgehead atoms. The van der Waals surface area contributed by atoms with Gasteiger partial charge in [-0.3, -0.25) is 4.68 Å². The fourth-order valence-electron chi connectivity index (χ4n) is 3.00. The Kier molecular flexibility index (Phi) is 4.41. The van der Waals surface area contributed by atoms with Crippen LogP contribution in [0.5, 0.6) is 11.5 Å². The van der Waals surface area contributed by atoms with Crippen molar-refractivity contribution in [1.29, 1.82) is 0 Å². The maximum absolute atomic E-state index is 5.60. The first-order valence-electron chi connectivity index (χ1n) is 8.33. The van der Waals surface area contributed by atoms with Crippen LogP contribution in [0.1, 0.15) is 4.88 Å². The van der Waals surface area contributed by atoms with Gasteiger partial charge in [0.2, 0.25) is 5.95 Å². The van der Waals surface area contributed by atoms with Crippen molar-refractivity contribution in [2.75, 3.05) is 19.5 Å². The number of rotatable bonds is 5. The highest BCUT2D eigenvalue weighted by Crippen LogP contribution is 2.42. The van der Waals surface area contributed by atoms with E-state index >= 15 is 0 Å². The van der Waals surface area contributed by atoms with Crippen molar-refractivity contribution in [3.05, 3.63) is 41.7 Å². The van der Waals surface area contributed by atoms with Crippen LogP contribution in [0.3, 0.4) is 0 Å². The molecule has 0 saturated heterocycles. The quantitative estimate of drug-likeness (QED) is 0.559. The first-order valence-corrected chi connectivity index (χ1v) is 9.15. The second kappa shape index (κ2) is 6.88. The Hall–Kier alpha value is -3.13. The van der Waals surface area contributed by atoms with Gasteiger partial charge in [0.1, 0.15) is 11.5 Å². The van der Waals surface area contributed by atoms with Gasteiger partial charge in [-0.1, -0.05) is 0 Å². The summed E-state index contributed by atoms with van der Waals surface area (Å²) in [6.07, 6.45) is 5.46. The molecule has 0 radical (unpaired) electrons. The van der Waals surface area contributed by atoms with Crippen molar-refractivity contribution in [2.24, 2.45) is 7.05 Å². The molecule has 7 nitrogen and oxygen atoms in total. The molecule has 0 amide bonds. The van der Waals surface area contributed by atoms with Crippen molar-refractivity contribution >= 4 is 33.2 Å². The van der Waals surface area contributed by atoms with E-state index in [9.17, 15) is 0 Å². The minimum Gasteiger partial charge on any atom is -0.497 e. The summed E-state index contributed by atoms with van der Waals surface area (Å²) >= 11 is 1.67. The van der Waals surface area contributed by atoms with Gasteiger partial charge in [0.15, 0.2) is 0 Å². The number of nitrogens with zero attached hydrogens (tertiary/aromatic N) is 4. The first kappa shape index (κ1) is 17.3. The van der Waals surface area contributed by atoms with Crippen molar-refractivity contribution in [3.8, 4) is 22.6 Å². The van der Waals surface area contributed by atoms with E-state index in [1.165, 1.54) is 0 Å². The van der Waals surface area contributed by atoms with Crippen LogP contribution in [-0.2, 0) is 7.05 Å². The molecular weight excluding hydrogens is 362 g/mol. The molecule has 0 aliphatic carbocycles. The molecule has 0 aliphatic rings. The van der Waals surface area contributed by atoms with Crippen molar-refractivity contribution in [1.82, 2.24) is 19.7 Å². The van der Waals surface area contributed by atoms with Gasteiger partial charge >= 0.3 is 0 Å². The van der Waals surface area contributed by atoms with Crippen LogP contribution in [-0.4, -0.2) is 34.0 Å². The van der Waals surface area contributed by atoms with Gasteiger partial charge < -0.3 is 14.8 Å². The zero-order valence-electron chi connectivity index (χ0n) is 15.5. The Morgan fingerprint density at radius 3 is 2.70 bits per heavy atom. The number of benzene rings is 1. The molecule has 0 fully saturated rings. The predicted octanol–water partition coefficient (Wildman–Crippen LogP) is 4.16. The molecule has 4 rings (SSSR count). The van der Waals surface area contributed by atoms with Gasteiger partial charge in [-0.15, -0.1) is 11.3 Å². The van der Waals surface area contributed by atoms with E-state index in [1.807, 2.05) is 37.6 Å². The van der Waals surface area contributed by atoms with Crippen LogP contribution in [0, 0.1) is 6.92 Å². The zero-order chi connectivity index (χ0) is 19.0. The largest absolute Gasteiger partial charge is 0.497 e. The van der Waals surface area contributed by atoms with Crippen LogP contribution in [0.15, 0.2) is 36.8 Å². The summed E-state index contributed by atoms with van der Waals surface area (Å²) in [6.45, 7) is 2.08. The summed E-state index contributed by atoms with van der Waals surface area (Å²) in [6, 6.07) is 5.81. The number of aryl methyl sites for hydroxylation is 2. The number of nitrogens with one attached hydrogen (secondary N) is 1. The van der Waals surface area contributed by atoms with E-state index in [4.69, 9.17) is 14.5 Å². The highest BCUT2D eigenvalue weighted by molar-refractivity contribution is 7.19. The third-order valence-corrected chi connectivity index (χ3v) is 5.28. The number of hydrogen-bond acceptors (Lipinski definition) is 7. The second-order valence-corrected chi connectivity index (χ2v) is 7.29. The van der Waals surface area contributed by atoms with Gasteiger partial charge in [0.25, 0.3) is 0 Å². The molecule has 138 valence electrons. The number of aromatic nitrogens is 4. The summed E-state index contributed by atoms with van der Waals surface area (Å²) < 4.78 is 13.7. The Morgan fingerprint density at radius 1 is 1.15 bits per heavy atom. The maximum atomic E-state index is 5.60. The highest BCUT2D eigenvalue weighted by Gasteiger charge is 2.18. The lowest BCUT2D eigenvalue weighted by molar-refractivity contribution is 0.395. The molecule has 27 heavy (non-hydrogen) atoms. The minimum absolute atomic E-state index is 0.530. The number of thiophene rings is 1. The molecule has 1 aromatic carbocycles. The second-order valence-electron chi connectivity index (χ2n) is 6.03. The van der Waals surface area contributed by atoms with E-state index in [2.05, 4.69) is 22.3 Å². The fourth-order valence-corrected chi connectivity index (χ4v) is 3.99. The van der Waals surface area contributed by atoms with Crippen LogP contribution in [0.4, 0.5) is 11.6 Å². The molecule has 3 aromatic heterocycles. The Bertz CT molecular complexity index is 1120. The first-order chi connectivity index (χ1) is 13.1. The monoisotopic (exact) mass is 381 g/mol. The molecule has 3 heterocycles. The van der Waals surface area contributed by atoms with E-state index in [-0.39, 0.29) is 0 Å². The molecule has 4 aromatic rings. The van der Waals surface area contributed by atoms with E-state index < -0.39 is 0 Å². The van der Waals surface area contributed by atoms with Gasteiger partial charge in [-0.25, -0.2) is 9.97 Å². The lowest BCUT2D eigenvalue weighted by Crippen LogP contribution is -1.96. The van der Waals surface area contributed by atoms with Crippen molar-refractivity contribution in [2.45, 2.75) is 6.92 Å². The van der Waals surface area contributed by atoms with E-state index in [0.717, 1.165) is 43.4 Å². The number of fused-ring (bicyclic) bond motifs is 1. The van der Waals surface area contributed by atoms with Gasteiger partial charge in [0, 0.05) is 35.3 Å². The van der Waals surface area contributed by atoms with Gasteiger partial charge in [-0.05, 0) is 19.1 Å². The lowest BCUT2D eigenvalue weighted by atomic mass is 10.0. The van der Waals surface area contributed by atoms with Crippen molar-refractivity contribution in [3.63, 3.8) is 0 Å². The molecular formula is C19H19N5O2S. The van der Waals surface area contributed by atoms with Gasteiger partial charge in [-0.2, -0.15) is 5.10 Å². The number of ether oxygens (including phenoxy) is 2. The highest BCUT2D eigenvalue weighted by atomic mass is 32.1. The molecule has 0 unspecified atom stereocenters. The summed E-state index contributed by atoms with van der Waals surface area (Å²) in [5, 5.41) is 7.36. The third-order valence-electron chi connectivity index (χ3n) is 4.25. The van der Waals surface area contributed by atoms with E-state index in [1.54, 1.807) is 36.4 Å². The smallest absolute Gasteiger partial charge is 0.227 e. The van der Waals surface area contributed by atoms with Crippen molar-refractivity contribution < 1.29 is 9.47 Å². The average molecular weight is 381 g/mol. The molecule has 0 spiro atoms. The van der Waals surface area contributed by atoms with Crippen LogP contribution in [0.25, 0.3) is 21.3 Å². The zero-order valence-corrected chi connectivity index (χ0v) is 16.3. The summed E-state index contributed by atoms with van der Waals surface area (Å²) in [7, 11) is 5.17. The number of hydrogen-bond donors (Lipinski definition) is 1. The summed E-state index contributed by atoms with van der Waals surface area (Å²) in [4.78, 5) is 10.3. The Morgan fingerprint density at radius 2 is 2.00 bits per heavy atom. The minimum atomic E-state index is 0.530. The third kappa shape index (κ3) is 3.19. The molecule has 8 heteroatoms. The summed E-state index contributed by atoms with van der Waals surface area (Å²) in [5.41, 5.74) is 3.76. The van der Waals surface area contributed by atoms with E-state index in [0.29, 0.717) is 5.95 Å². The SMILES string of the molecule is COc1ccc(-c2c(C)sc3cnc(Nc4cnn(C)c4)nc23)c(OC)c1. The standard InChI is InChI=1S/C19H19N5O2S/c1-11-17(14-6-5-13(25-3)7-15(14)26-4)18-16(27-11)9-20-19(23-18)22-12-8-21-24(2)10-12/h5-10H,1-4H3,(H,20,22,23). The van der Waals surface area contributed by atoms with Crippen LogP contribution >= 0.6 is 11.3 Å². The average Bonchev–Trinajstić information content (AvgIpc) is 3.22.